The largest absolute Gasteiger partial charge is 0.373 e. The monoisotopic (exact) mass is 311 g/mol. The van der Waals surface area contributed by atoms with Gasteiger partial charge in [-0.3, -0.25) is 9.89 Å². The number of carbonyl (C=O) groups is 1. The summed E-state index contributed by atoms with van der Waals surface area (Å²) in [6.45, 7) is 1.37. The maximum Gasteiger partial charge on any atom is 0.272 e. The van der Waals surface area contributed by atoms with Crippen LogP contribution in [-0.4, -0.2) is 29.3 Å². The van der Waals surface area contributed by atoms with Crippen LogP contribution in [0.4, 0.5) is 0 Å². The Morgan fingerprint density at radius 1 is 1.30 bits per heavy atom. The van der Waals surface area contributed by atoms with E-state index in [2.05, 4.69) is 27.6 Å². The van der Waals surface area contributed by atoms with Gasteiger partial charge in [-0.2, -0.15) is 5.10 Å². The zero-order valence-corrected chi connectivity index (χ0v) is 13.0. The summed E-state index contributed by atoms with van der Waals surface area (Å²) < 4.78 is 5.88. The molecule has 120 valence electrons. The van der Waals surface area contributed by atoms with Gasteiger partial charge >= 0.3 is 0 Å². The standard InChI is InChI=1S/C18H21N3O2/c22-18(16-14-7-4-8-15(14)20-21-16)19-11-13-9-10-23-17(13)12-5-2-1-3-6-12/h1-3,5-6,13,17H,4,7-11H2,(H,19,22)(H,20,21)/t13-,17-/m1/s1. The first-order valence-electron chi connectivity index (χ1n) is 8.34. The summed E-state index contributed by atoms with van der Waals surface area (Å²) >= 11 is 0. The van der Waals surface area contributed by atoms with E-state index in [9.17, 15) is 4.79 Å². The van der Waals surface area contributed by atoms with E-state index in [0.717, 1.165) is 43.5 Å². The molecule has 0 unspecified atom stereocenters. The minimum atomic E-state index is -0.0666. The van der Waals surface area contributed by atoms with Crippen LogP contribution < -0.4 is 5.32 Å². The summed E-state index contributed by atoms with van der Waals surface area (Å²) in [4.78, 5) is 12.4. The van der Waals surface area contributed by atoms with Crippen LogP contribution in [0.2, 0.25) is 0 Å². The maximum absolute atomic E-state index is 12.4. The fourth-order valence-corrected chi connectivity index (χ4v) is 3.67. The number of nitrogens with zero attached hydrogens (tertiary/aromatic N) is 1. The SMILES string of the molecule is O=C(NC[C@H]1CCO[C@@H]1c1ccccc1)c1n[nH]c2c1CCC2. The Labute approximate surface area is 135 Å². The highest BCUT2D eigenvalue weighted by atomic mass is 16.5. The molecule has 0 saturated carbocycles. The molecular formula is C18H21N3O2. The highest BCUT2D eigenvalue weighted by molar-refractivity contribution is 5.94. The van der Waals surface area contributed by atoms with Crippen molar-refractivity contribution in [3.8, 4) is 0 Å². The molecule has 1 aliphatic heterocycles. The van der Waals surface area contributed by atoms with Crippen molar-refractivity contribution in [2.45, 2.75) is 31.8 Å². The van der Waals surface area contributed by atoms with Gasteiger partial charge in [-0.05, 0) is 31.2 Å². The molecule has 1 fully saturated rings. The second-order valence-electron chi connectivity index (χ2n) is 6.34. The van der Waals surface area contributed by atoms with Crippen LogP contribution in [-0.2, 0) is 17.6 Å². The number of carbonyl (C=O) groups excluding carboxylic acids is 1. The lowest BCUT2D eigenvalue weighted by Gasteiger charge is -2.19. The lowest BCUT2D eigenvalue weighted by molar-refractivity contribution is 0.0843. The van der Waals surface area contributed by atoms with Crippen LogP contribution in [0.15, 0.2) is 30.3 Å². The Morgan fingerprint density at radius 2 is 2.17 bits per heavy atom. The van der Waals surface area contributed by atoms with Gasteiger partial charge in [0.1, 0.15) is 0 Å². The van der Waals surface area contributed by atoms with E-state index in [1.165, 1.54) is 5.56 Å². The van der Waals surface area contributed by atoms with Crippen molar-refractivity contribution in [3.63, 3.8) is 0 Å². The van der Waals surface area contributed by atoms with E-state index >= 15 is 0 Å². The predicted octanol–water partition coefficient (Wildman–Crippen LogP) is 2.41. The Balaban J connectivity index is 1.41. The van der Waals surface area contributed by atoms with Gasteiger partial charge in [-0.1, -0.05) is 30.3 Å². The van der Waals surface area contributed by atoms with Gasteiger partial charge in [0.25, 0.3) is 5.91 Å². The Kier molecular flexibility index (Phi) is 3.87. The molecular weight excluding hydrogens is 290 g/mol. The van der Waals surface area contributed by atoms with E-state index in [1.54, 1.807) is 0 Å². The van der Waals surface area contributed by atoms with Crippen molar-refractivity contribution in [1.82, 2.24) is 15.5 Å². The zero-order valence-electron chi connectivity index (χ0n) is 13.0. The number of H-pyrrole nitrogens is 1. The lowest BCUT2D eigenvalue weighted by Crippen LogP contribution is -2.31. The molecule has 23 heavy (non-hydrogen) atoms. The van der Waals surface area contributed by atoms with Gasteiger partial charge in [0, 0.05) is 30.3 Å². The quantitative estimate of drug-likeness (QED) is 0.911. The Bertz CT molecular complexity index is 696. The first kappa shape index (κ1) is 14.5. The zero-order chi connectivity index (χ0) is 15.6. The number of hydrogen-bond donors (Lipinski definition) is 2. The Morgan fingerprint density at radius 3 is 3.04 bits per heavy atom. The number of benzene rings is 1. The molecule has 2 aliphatic rings. The molecule has 0 bridgehead atoms. The fraction of sp³-hybridized carbons (Fsp3) is 0.444. The molecule has 2 atom stereocenters. The van der Waals surface area contributed by atoms with E-state index in [0.29, 0.717) is 18.2 Å². The predicted molar refractivity (Wildman–Crippen MR) is 86.2 cm³/mol. The average Bonchev–Trinajstić information content (AvgIpc) is 3.29. The molecule has 1 amide bonds. The molecule has 1 aliphatic carbocycles. The van der Waals surface area contributed by atoms with Crippen LogP contribution in [0.25, 0.3) is 0 Å². The number of ether oxygens (including phenoxy) is 1. The third-order valence-corrected chi connectivity index (χ3v) is 4.89. The number of aromatic nitrogens is 2. The number of aromatic amines is 1. The van der Waals surface area contributed by atoms with E-state index in [4.69, 9.17) is 4.74 Å². The summed E-state index contributed by atoms with van der Waals surface area (Å²) in [5, 5.41) is 10.2. The highest BCUT2D eigenvalue weighted by Gasteiger charge is 2.30. The number of rotatable bonds is 4. The van der Waals surface area contributed by atoms with Crippen LogP contribution in [0.3, 0.4) is 0 Å². The minimum Gasteiger partial charge on any atom is -0.373 e. The summed E-state index contributed by atoms with van der Waals surface area (Å²) in [6.07, 6.45) is 4.10. The van der Waals surface area contributed by atoms with Crippen molar-refractivity contribution >= 4 is 5.91 Å². The van der Waals surface area contributed by atoms with Gasteiger partial charge in [-0.25, -0.2) is 0 Å². The van der Waals surface area contributed by atoms with Gasteiger partial charge in [0.2, 0.25) is 0 Å². The van der Waals surface area contributed by atoms with Gasteiger partial charge in [-0.15, -0.1) is 0 Å². The molecule has 2 N–H and O–H groups in total. The van der Waals surface area contributed by atoms with Crippen molar-refractivity contribution in [2.24, 2.45) is 5.92 Å². The summed E-state index contributed by atoms with van der Waals surface area (Å²) in [6, 6.07) is 10.2. The van der Waals surface area contributed by atoms with Crippen LogP contribution >= 0.6 is 0 Å². The lowest BCUT2D eigenvalue weighted by atomic mass is 9.95. The number of amides is 1. The average molecular weight is 311 g/mol. The minimum absolute atomic E-state index is 0.0666. The molecule has 2 heterocycles. The summed E-state index contributed by atoms with van der Waals surface area (Å²) in [5.41, 5.74) is 3.99. The van der Waals surface area contributed by atoms with Crippen molar-refractivity contribution < 1.29 is 9.53 Å². The normalized spacial score (nSPS) is 23.0. The number of aryl methyl sites for hydroxylation is 1. The number of hydrogen-bond acceptors (Lipinski definition) is 3. The van der Waals surface area contributed by atoms with E-state index in [1.807, 2.05) is 18.2 Å². The third kappa shape index (κ3) is 2.77. The smallest absolute Gasteiger partial charge is 0.272 e. The summed E-state index contributed by atoms with van der Waals surface area (Å²) in [7, 11) is 0. The fourth-order valence-electron chi connectivity index (χ4n) is 3.67. The van der Waals surface area contributed by atoms with E-state index < -0.39 is 0 Å². The first-order chi connectivity index (χ1) is 11.3. The molecule has 1 aromatic heterocycles. The van der Waals surface area contributed by atoms with E-state index in [-0.39, 0.29) is 12.0 Å². The first-order valence-corrected chi connectivity index (χ1v) is 8.34. The van der Waals surface area contributed by atoms with Crippen molar-refractivity contribution in [3.05, 3.63) is 52.8 Å². The van der Waals surface area contributed by atoms with Crippen LogP contribution in [0, 0.1) is 5.92 Å². The molecule has 5 nitrogen and oxygen atoms in total. The highest BCUT2D eigenvalue weighted by Crippen LogP contribution is 2.34. The summed E-state index contributed by atoms with van der Waals surface area (Å²) in [5.74, 6) is 0.247. The molecule has 2 aromatic rings. The van der Waals surface area contributed by atoms with Gasteiger partial charge in [0.05, 0.1) is 6.10 Å². The van der Waals surface area contributed by atoms with Crippen LogP contribution in [0.1, 0.15) is 46.3 Å². The maximum atomic E-state index is 12.4. The molecule has 5 heteroatoms. The molecule has 1 saturated heterocycles. The Hall–Kier alpha value is -2.14. The molecule has 0 radical (unpaired) electrons. The number of fused-ring (bicyclic) bond motifs is 1. The van der Waals surface area contributed by atoms with Crippen molar-refractivity contribution in [1.29, 1.82) is 0 Å². The van der Waals surface area contributed by atoms with Crippen molar-refractivity contribution in [2.75, 3.05) is 13.2 Å². The van der Waals surface area contributed by atoms with Gasteiger partial charge < -0.3 is 10.1 Å². The molecule has 1 aromatic carbocycles. The molecule has 4 rings (SSSR count). The van der Waals surface area contributed by atoms with Crippen LogP contribution in [0.5, 0.6) is 0 Å². The second kappa shape index (κ2) is 6.16. The number of nitrogens with one attached hydrogen (secondary N) is 2. The topological polar surface area (TPSA) is 67.0 Å². The van der Waals surface area contributed by atoms with Gasteiger partial charge in [0.15, 0.2) is 5.69 Å². The third-order valence-electron chi connectivity index (χ3n) is 4.89. The second-order valence-corrected chi connectivity index (χ2v) is 6.34. The molecule has 0 spiro atoms.